The lowest BCUT2D eigenvalue weighted by Gasteiger charge is -2.25. The van der Waals surface area contributed by atoms with Gasteiger partial charge in [-0.15, -0.1) is 0 Å². The van der Waals surface area contributed by atoms with Gasteiger partial charge in [0, 0.05) is 39.3 Å². The van der Waals surface area contributed by atoms with E-state index in [0.717, 1.165) is 78.1 Å². The van der Waals surface area contributed by atoms with Crippen molar-refractivity contribution in [3.05, 3.63) is 0 Å². The van der Waals surface area contributed by atoms with Gasteiger partial charge in [0.05, 0.1) is 26.4 Å². The number of nitrogens with zero attached hydrogens (tertiary/aromatic N) is 2. The van der Waals surface area contributed by atoms with Crippen LogP contribution in [-0.4, -0.2) is 76.6 Å². The maximum Gasteiger partial charge on any atom is 0.191 e. The molecule has 1 saturated heterocycles. The lowest BCUT2D eigenvalue weighted by molar-refractivity contribution is 0.0394. The Hall–Kier alpha value is -0.850. The summed E-state index contributed by atoms with van der Waals surface area (Å²) >= 11 is 0. The minimum absolute atomic E-state index is 0.701. The maximum atomic E-state index is 5.61. The predicted octanol–water partition coefficient (Wildman–Crippen LogP) is 0.936. The number of aliphatic imine (C=N–C) groups is 1. The molecule has 0 atom stereocenters. The van der Waals surface area contributed by atoms with Crippen LogP contribution in [-0.2, 0) is 9.47 Å². The zero-order valence-corrected chi connectivity index (χ0v) is 14.6. The van der Waals surface area contributed by atoms with Gasteiger partial charge in [0.1, 0.15) is 0 Å². The average molecular weight is 314 g/mol. The molecule has 1 heterocycles. The van der Waals surface area contributed by atoms with Crippen molar-refractivity contribution in [3.8, 4) is 0 Å². The van der Waals surface area contributed by atoms with E-state index in [0.29, 0.717) is 5.92 Å². The highest BCUT2D eigenvalue weighted by Crippen LogP contribution is 1.98. The standard InChI is InChI=1S/C16H34N4O2/c1-4-17-16(19-7-12-21-11-5-15(2)3)18-6-8-20-9-13-22-14-10-20/h15H,4-14H2,1-3H3,(H2,17,18,19). The first kappa shape index (κ1) is 19.2. The van der Waals surface area contributed by atoms with Crippen LogP contribution < -0.4 is 10.6 Å². The van der Waals surface area contributed by atoms with Crippen molar-refractivity contribution in [3.63, 3.8) is 0 Å². The Labute approximate surface area is 135 Å². The minimum Gasteiger partial charge on any atom is -0.380 e. The van der Waals surface area contributed by atoms with Crippen LogP contribution in [0.5, 0.6) is 0 Å². The molecule has 0 aromatic carbocycles. The second-order valence-electron chi connectivity index (χ2n) is 5.94. The third kappa shape index (κ3) is 9.97. The van der Waals surface area contributed by atoms with Crippen LogP contribution in [0.1, 0.15) is 27.2 Å². The monoisotopic (exact) mass is 314 g/mol. The van der Waals surface area contributed by atoms with E-state index in [-0.39, 0.29) is 0 Å². The third-order valence-corrected chi connectivity index (χ3v) is 3.51. The Morgan fingerprint density at radius 2 is 2.00 bits per heavy atom. The van der Waals surface area contributed by atoms with E-state index in [4.69, 9.17) is 9.47 Å². The van der Waals surface area contributed by atoms with Crippen LogP contribution in [0.15, 0.2) is 4.99 Å². The summed E-state index contributed by atoms with van der Waals surface area (Å²) in [4.78, 5) is 7.00. The van der Waals surface area contributed by atoms with Crippen molar-refractivity contribution in [1.29, 1.82) is 0 Å². The molecule has 0 amide bonds. The molecule has 1 aliphatic heterocycles. The van der Waals surface area contributed by atoms with Crippen LogP contribution in [0.25, 0.3) is 0 Å². The quantitative estimate of drug-likeness (QED) is 0.357. The van der Waals surface area contributed by atoms with Gasteiger partial charge in [0.25, 0.3) is 0 Å². The summed E-state index contributed by atoms with van der Waals surface area (Å²) in [5.41, 5.74) is 0. The maximum absolute atomic E-state index is 5.61. The molecular formula is C16H34N4O2. The van der Waals surface area contributed by atoms with E-state index in [9.17, 15) is 0 Å². The molecule has 0 saturated carbocycles. The second-order valence-corrected chi connectivity index (χ2v) is 5.94. The summed E-state index contributed by atoms with van der Waals surface area (Å²) in [6.45, 7) is 15.3. The van der Waals surface area contributed by atoms with Crippen molar-refractivity contribution in [2.24, 2.45) is 10.9 Å². The molecule has 0 bridgehead atoms. The highest BCUT2D eigenvalue weighted by molar-refractivity contribution is 5.79. The molecule has 0 aromatic heterocycles. The zero-order valence-electron chi connectivity index (χ0n) is 14.6. The smallest absolute Gasteiger partial charge is 0.191 e. The van der Waals surface area contributed by atoms with Crippen LogP contribution in [0.3, 0.4) is 0 Å². The fraction of sp³-hybridized carbons (Fsp3) is 0.938. The SMILES string of the molecule is CCNC(=NCCN1CCOCC1)NCCOCCC(C)C. The average Bonchev–Trinajstić information content (AvgIpc) is 2.51. The molecular weight excluding hydrogens is 280 g/mol. The lowest BCUT2D eigenvalue weighted by Crippen LogP contribution is -2.41. The molecule has 0 unspecified atom stereocenters. The van der Waals surface area contributed by atoms with E-state index in [2.05, 4.69) is 41.3 Å². The molecule has 0 radical (unpaired) electrons. The molecule has 130 valence electrons. The normalized spacial score (nSPS) is 17.0. The zero-order chi connectivity index (χ0) is 16.0. The number of hydrogen-bond donors (Lipinski definition) is 2. The van der Waals surface area contributed by atoms with Gasteiger partial charge in [-0.1, -0.05) is 13.8 Å². The molecule has 2 N–H and O–H groups in total. The summed E-state index contributed by atoms with van der Waals surface area (Å²) in [5, 5.41) is 6.59. The highest BCUT2D eigenvalue weighted by Gasteiger charge is 2.09. The molecule has 1 rings (SSSR count). The van der Waals surface area contributed by atoms with Gasteiger partial charge in [-0.3, -0.25) is 9.89 Å². The Balaban J connectivity index is 2.12. The van der Waals surface area contributed by atoms with Crippen molar-refractivity contribution in [2.45, 2.75) is 27.2 Å². The molecule has 0 spiro atoms. The number of hydrogen-bond acceptors (Lipinski definition) is 4. The Bertz CT molecular complexity index is 292. The molecule has 0 aromatic rings. The topological polar surface area (TPSA) is 58.1 Å². The van der Waals surface area contributed by atoms with Gasteiger partial charge in [0.15, 0.2) is 5.96 Å². The molecule has 6 nitrogen and oxygen atoms in total. The summed E-state index contributed by atoms with van der Waals surface area (Å²) in [6.07, 6.45) is 1.12. The van der Waals surface area contributed by atoms with Crippen LogP contribution in [0.2, 0.25) is 0 Å². The van der Waals surface area contributed by atoms with E-state index >= 15 is 0 Å². The van der Waals surface area contributed by atoms with Gasteiger partial charge in [-0.05, 0) is 19.3 Å². The second kappa shape index (κ2) is 12.7. The van der Waals surface area contributed by atoms with Gasteiger partial charge in [-0.25, -0.2) is 0 Å². The fourth-order valence-corrected chi connectivity index (χ4v) is 2.13. The largest absolute Gasteiger partial charge is 0.380 e. The number of morpholine rings is 1. The first-order valence-electron chi connectivity index (χ1n) is 8.62. The van der Waals surface area contributed by atoms with Gasteiger partial charge in [-0.2, -0.15) is 0 Å². The number of guanidine groups is 1. The number of ether oxygens (including phenoxy) is 2. The van der Waals surface area contributed by atoms with Gasteiger partial charge in [0.2, 0.25) is 0 Å². The Kier molecular flexibility index (Phi) is 11.1. The van der Waals surface area contributed by atoms with Crippen molar-refractivity contribution >= 4 is 5.96 Å². The minimum atomic E-state index is 0.701. The first-order chi connectivity index (χ1) is 10.7. The van der Waals surface area contributed by atoms with Crippen molar-refractivity contribution in [2.75, 3.05) is 65.7 Å². The summed E-state index contributed by atoms with van der Waals surface area (Å²) < 4.78 is 11.0. The van der Waals surface area contributed by atoms with Crippen LogP contribution >= 0.6 is 0 Å². The molecule has 6 heteroatoms. The van der Waals surface area contributed by atoms with Crippen LogP contribution in [0.4, 0.5) is 0 Å². The fourth-order valence-electron chi connectivity index (χ4n) is 2.13. The third-order valence-electron chi connectivity index (χ3n) is 3.51. The summed E-state index contributed by atoms with van der Waals surface area (Å²) in [7, 11) is 0. The lowest BCUT2D eigenvalue weighted by atomic mass is 10.1. The Morgan fingerprint density at radius 3 is 2.68 bits per heavy atom. The first-order valence-corrected chi connectivity index (χ1v) is 8.62. The Morgan fingerprint density at radius 1 is 1.23 bits per heavy atom. The number of nitrogens with one attached hydrogen (secondary N) is 2. The van der Waals surface area contributed by atoms with Gasteiger partial charge >= 0.3 is 0 Å². The molecule has 1 aliphatic rings. The van der Waals surface area contributed by atoms with Gasteiger partial charge < -0.3 is 20.1 Å². The highest BCUT2D eigenvalue weighted by atomic mass is 16.5. The molecule has 0 aliphatic carbocycles. The summed E-state index contributed by atoms with van der Waals surface area (Å²) in [5.74, 6) is 1.58. The van der Waals surface area contributed by atoms with Crippen molar-refractivity contribution < 1.29 is 9.47 Å². The van der Waals surface area contributed by atoms with E-state index in [1.807, 2.05) is 0 Å². The van der Waals surface area contributed by atoms with Crippen LogP contribution in [0, 0.1) is 5.92 Å². The number of rotatable bonds is 10. The van der Waals surface area contributed by atoms with E-state index in [1.165, 1.54) is 0 Å². The molecule has 22 heavy (non-hydrogen) atoms. The summed E-state index contributed by atoms with van der Waals surface area (Å²) in [6, 6.07) is 0. The predicted molar refractivity (Wildman–Crippen MR) is 91.5 cm³/mol. The van der Waals surface area contributed by atoms with Crippen molar-refractivity contribution in [1.82, 2.24) is 15.5 Å². The van der Waals surface area contributed by atoms with E-state index < -0.39 is 0 Å². The molecule has 1 fully saturated rings. The van der Waals surface area contributed by atoms with E-state index in [1.54, 1.807) is 0 Å².